The van der Waals surface area contributed by atoms with Gasteiger partial charge in [-0.1, -0.05) is 36.4 Å². The minimum atomic E-state index is -0.456. The maximum absolute atomic E-state index is 11.8. The number of allylic oxidation sites excluding steroid dienone is 1. The average molecular weight is 415 g/mol. The fourth-order valence-corrected chi connectivity index (χ4v) is 1.58. The highest BCUT2D eigenvalue weighted by Crippen LogP contribution is 2.13. The van der Waals surface area contributed by atoms with Gasteiger partial charge in [0.1, 0.15) is 0 Å². The summed E-state index contributed by atoms with van der Waals surface area (Å²) in [6.45, 7) is 0. The number of hydrogen-bond donors (Lipinski definition) is 0. The SMILES string of the molecule is Br.Br.O=C(C=Cc1ccc([N+](=O)[O-])cc1)c1ccccc1. The number of ketones is 1. The summed E-state index contributed by atoms with van der Waals surface area (Å²) < 4.78 is 0. The van der Waals surface area contributed by atoms with Crippen LogP contribution in [0.5, 0.6) is 0 Å². The van der Waals surface area contributed by atoms with Gasteiger partial charge in [0.15, 0.2) is 5.78 Å². The van der Waals surface area contributed by atoms with Gasteiger partial charge in [0, 0.05) is 17.7 Å². The van der Waals surface area contributed by atoms with Crippen LogP contribution in [0.2, 0.25) is 0 Å². The smallest absolute Gasteiger partial charge is 0.269 e. The van der Waals surface area contributed by atoms with E-state index in [1.54, 1.807) is 42.5 Å². The second-order valence-electron chi connectivity index (χ2n) is 3.91. The number of nitro benzene ring substituents is 1. The van der Waals surface area contributed by atoms with Crippen molar-refractivity contribution in [2.24, 2.45) is 0 Å². The lowest BCUT2D eigenvalue weighted by molar-refractivity contribution is -0.384. The van der Waals surface area contributed by atoms with E-state index in [1.807, 2.05) is 6.07 Å². The topological polar surface area (TPSA) is 60.2 Å². The highest BCUT2D eigenvalue weighted by molar-refractivity contribution is 8.93. The van der Waals surface area contributed by atoms with Crippen LogP contribution in [0.1, 0.15) is 15.9 Å². The molecule has 4 nitrogen and oxygen atoms in total. The number of carbonyl (C=O) groups excluding carboxylic acids is 1. The van der Waals surface area contributed by atoms with Crippen LogP contribution >= 0.6 is 34.0 Å². The summed E-state index contributed by atoms with van der Waals surface area (Å²) in [6, 6.07) is 14.9. The normalized spacial score (nSPS) is 9.52. The third kappa shape index (κ3) is 5.61. The molecule has 2 aromatic carbocycles. The maximum Gasteiger partial charge on any atom is 0.269 e. The van der Waals surface area contributed by atoms with Gasteiger partial charge in [0.05, 0.1) is 4.92 Å². The molecule has 0 unspecified atom stereocenters. The summed E-state index contributed by atoms with van der Waals surface area (Å²) >= 11 is 0. The first-order valence-electron chi connectivity index (χ1n) is 5.69. The molecular formula is C15H13Br2NO3. The second kappa shape index (κ2) is 9.20. The fraction of sp³-hybridized carbons (Fsp3) is 0. The lowest BCUT2D eigenvalue weighted by Gasteiger charge is -1.95. The Morgan fingerprint density at radius 2 is 1.52 bits per heavy atom. The van der Waals surface area contributed by atoms with E-state index in [4.69, 9.17) is 0 Å². The second-order valence-corrected chi connectivity index (χ2v) is 3.91. The Hall–Kier alpha value is -1.79. The van der Waals surface area contributed by atoms with Crippen LogP contribution in [0.25, 0.3) is 6.08 Å². The summed E-state index contributed by atoms with van der Waals surface area (Å²) in [5.41, 5.74) is 1.39. The van der Waals surface area contributed by atoms with Crippen molar-refractivity contribution in [3.63, 3.8) is 0 Å². The summed E-state index contributed by atoms with van der Waals surface area (Å²) in [5.74, 6) is -0.0982. The summed E-state index contributed by atoms with van der Waals surface area (Å²) in [4.78, 5) is 21.8. The fourth-order valence-electron chi connectivity index (χ4n) is 1.58. The van der Waals surface area contributed by atoms with E-state index in [9.17, 15) is 14.9 Å². The van der Waals surface area contributed by atoms with Gasteiger partial charge < -0.3 is 0 Å². The van der Waals surface area contributed by atoms with E-state index in [1.165, 1.54) is 18.2 Å². The molecule has 0 fully saturated rings. The Balaban J connectivity index is 0.00000200. The van der Waals surface area contributed by atoms with Gasteiger partial charge in [-0.3, -0.25) is 14.9 Å². The molecule has 0 N–H and O–H groups in total. The minimum Gasteiger partial charge on any atom is -0.289 e. The number of halogens is 2. The molecule has 0 bridgehead atoms. The molecule has 0 aromatic heterocycles. The lowest BCUT2D eigenvalue weighted by Crippen LogP contribution is -1.92. The number of benzene rings is 2. The molecule has 0 saturated carbocycles. The number of nitro groups is 1. The van der Waals surface area contributed by atoms with Crippen LogP contribution in [-0.2, 0) is 0 Å². The largest absolute Gasteiger partial charge is 0.289 e. The van der Waals surface area contributed by atoms with Gasteiger partial charge in [-0.05, 0) is 23.8 Å². The Morgan fingerprint density at radius 3 is 2.05 bits per heavy atom. The molecule has 0 aliphatic rings. The number of hydrogen-bond acceptors (Lipinski definition) is 3. The van der Waals surface area contributed by atoms with Crippen LogP contribution in [0.4, 0.5) is 5.69 Å². The van der Waals surface area contributed by atoms with Crippen LogP contribution in [-0.4, -0.2) is 10.7 Å². The molecule has 21 heavy (non-hydrogen) atoms. The van der Waals surface area contributed by atoms with Crippen molar-refractivity contribution in [2.75, 3.05) is 0 Å². The number of rotatable bonds is 4. The van der Waals surface area contributed by atoms with E-state index < -0.39 is 4.92 Å². The van der Waals surface area contributed by atoms with Gasteiger partial charge >= 0.3 is 0 Å². The summed E-state index contributed by atoms with van der Waals surface area (Å²) in [7, 11) is 0. The molecular weight excluding hydrogens is 402 g/mol. The van der Waals surface area contributed by atoms with Gasteiger partial charge in [0.25, 0.3) is 5.69 Å². The van der Waals surface area contributed by atoms with Gasteiger partial charge in [-0.2, -0.15) is 0 Å². The quantitative estimate of drug-likeness (QED) is 0.316. The van der Waals surface area contributed by atoms with E-state index in [-0.39, 0.29) is 45.4 Å². The van der Waals surface area contributed by atoms with Crippen molar-refractivity contribution < 1.29 is 9.72 Å². The van der Waals surface area contributed by atoms with Crippen molar-refractivity contribution in [1.29, 1.82) is 0 Å². The molecule has 110 valence electrons. The standard InChI is InChI=1S/C15H11NO3.2BrH/c17-15(13-4-2-1-3-5-13)11-8-12-6-9-14(10-7-12)16(18)19;;/h1-11H;2*1H. The summed E-state index contributed by atoms with van der Waals surface area (Å²) in [6.07, 6.45) is 3.09. The van der Waals surface area contributed by atoms with Crippen LogP contribution in [0, 0.1) is 10.1 Å². The molecule has 2 aromatic rings. The Bertz CT molecular complexity index is 625. The zero-order valence-electron chi connectivity index (χ0n) is 10.8. The van der Waals surface area contributed by atoms with Crippen LogP contribution in [0.15, 0.2) is 60.7 Å². The molecule has 6 heteroatoms. The first-order chi connectivity index (χ1) is 9.16. The Morgan fingerprint density at radius 1 is 0.952 bits per heavy atom. The van der Waals surface area contributed by atoms with Crippen molar-refractivity contribution >= 4 is 51.5 Å². The van der Waals surface area contributed by atoms with Crippen LogP contribution < -0.4 is 0 Å². The van der Waals surface area contributed by atoms with Gasteiger partial charge in [0.2, 0.25) is 0 Å². The molecule has 0 radical (unpaired) electrons. The molecule has 0 heterocycles. The number of nitrogens with zero attached hydrogens (tertiary/aromatic N) is 1. The first-order valence-corrected chi connectivity index (χ1v) is 5.69. The Labute approximate surface area is 143 Å². The molecule has 0 amide bonds. The zero-order chi connectivity index (χ0) is 13.7. The minimum absolute atomic E-state index is 0. The van der Waals surface area contributed by atoms with E-state index in [2.05, 4.69) is 0 Å². The molecule has 0 spiro atoms. The number of non-ortho nitro benzene ring substituents is 1. The third-order valence-corrected chi connectivity index (χ3v) is 2.59. The lowest BCUT2D eigenvalue weighted by atomic mass is 10.1. The summed E-state index contributed by atoms with van der Waals surface area (Å²) in [5, 5.41) is 10.5. The van der Waals surface area contributed by atoms with Crippen molar-refractivity contribution in [3.05, 3.63) is 81.9 Å². The van der Waals surface area contributed by atoms with Gasteiger partial charge in [-0.25, -0.2) is 0 Å². The van der Waals surface area contributed by atoms with Gasteiger partial charge in [-0.15, -0.1) is 34.0 Å². The molecule has 0 saturated heterocycles. The van der Waals surface area contributed by atoms with Crippen molar-refractivity contribution in [3.8, 4) is 0 Å². The average Bonchev–Trinajstić information content (AvgIpc) is 2.46. The van der Waals surface area contributed by atoms with Crippen LogP contribution in [0.3, 0.4) is 0 Å². The van der Waals surface area contributed by atoms with Crippen molar-refractivity contribution in [2.45, 2.75) is 0 Å². The molecule has 2 rings (SSSR count). The maximum atomic E-state index is 11.8. The highest BCUT2D eigenvalue weighted by atomic mass is 79.9. The highest BCUT2D eigenvalue weighted by Gasteiger charge is 2.03. The van der Waals surface area contributed by atoms with Crippen molar-refractivity contribution in [1.82, 2.24) is 0 Å². The van der Waals surface area contributed by atoms with E-state index in [0.717, 1.165) is 5.56 Å². The predicted octanol–water partition coefficient (Wildman–Crippen LogP) is 4.65. The molecule has 0 aliphatic carbocycles. The molecule has 0 atom stereocenters. The monoisotopic (exact) mass is 413 g/mol. The predicted molar refractivity (Wildman–Crippen MR) is 93.5 cm³/mol. The number of carbonyl (C=O) groups is 1. The first kappa shape index (κ1) is 19.2. The van der Waals surface area contributed by atoms with E-state index >= 15 is 0 Å². The van der Waals surface area contributed by atoms with E-state index in [0.29, 0.717) is 5.56 Å². The molecule has 0 aliphatic heterocycles. The Kier molecular flexibility index (Phi) is 8.42. The zero-order valence-corrected chi connectivity index (χ0v) is 14.3. The third-order valence-electron chi connectivity index (χ3n) is 2.59.